The minimum absolute atomic E-state index is 0.210. The second-order valence-corrected chi connectivity index (χ2v) is 6.14. The normalized spacial score (nSPS) is 14.3. The standard InChI is InChI=1S/C17H17ClN4O/c1-21(7-8-22-6-2-3-16(22)23)17-12(10-19)11-20-15-5-4-13(18)9-14(15)17/h4-5,9,11H,2-3,6-8H2,1H3. The Morgan fingerprint density at radius 3 is 3.00 bits per heavy atom. The molecule has 0 bridgehead atoms. The number of likely N-dealkylation sites (tertiary alicyclic amines) is 1. The van der Waals surface area contributed by atoms with Crippen LogP contribution in [0.25, 0.3) is 10.9 Å². The zero-order valence-electron chi connectivity index (χ0n) is 12.9. The van der Waals surface area contributed by atoms with Gasteiger partial charge in [-0.15, -0.1) is 0 Å². The van der Waals surface area contributed by atoms with Crippen molar-refractivity contribution in [3.63, 3.8) is 0 Å². The Balaban J connectivity index is 1.92. The summed E-state index contributed by atoms with van der Waals surface area (Å²) in [5.74, 6) is 0.210. The number of nitriles is 1. The molecule has 118 valence electrons. The molecule has 1 saturated heterocycles. The van der Waals surface area contributed by atoms with Crippen molar-refractivity contribution < 1.29 is 4.79 Å². The highest BCUT2D eigenvalue weighted by atomic mass is 35.5. The Bertz CT molecular complexity index is 799. The van der Waals surface area contributed by atoms with E-state index in [1.54, 1.807) is 12.3 Å². The number of amides is 1. The van der Waals surface area contributed by atoms with E-state index in [0.29, 0.717) is 30.1 Å². The number of carbonyl (C=O) groups excluding carboxylic acids is 1. The average Bonchev–Trinajstić information content (AvgIpc) is 2.96. The summed E-state index contributed by atoms with van der Waals surface area (Å²) >= 11 is 6.11. The third-order valence-electron chi connectivity index (χ3n) is 4.18. The van der Waals surface area contributed by atoms with Crippen LogP contribution < -0.4 is 4.90 Å². The predicted octanol–water partition coefficient (Wildman–Crippen LogP) is 2.82. The summed E-state index contributed by atoms with van der Waals surface area (Å²) < 4.78 is 0. The van der Waals surface area contributed by atoms with E-state index in [9.17, 15) is 10.1 Å². The molecule has 1 aliphatic rings. The second kappa shape index (κ2) is 6.43. The lowest BCUT2D eigenvalue weighted by atomic mass is 10.1. The van der Waals surface area contributed by atoms with Crippen molar-refractivity contribution in [2.45, 2.75) is 12.8 Å². The molecular formula is C17H17ClN4O. The van der Waals surface area contributed by atoms with Crippen LogP contribution in [0.4, 0.5) is 5.69 Å². The summed E-state index contributed by atoms with van der Waals surface area (Å²) in [6, 6.07) is 7.66. The zero-order chi connectivity index (χ0) is 16.4. The van der Waals surface area contributed by atoms with Gasteiger partial charge in [-0.1, -0.05) is 11.6 Å². The first-order valence-electron chi connectivity index (χ1n) is 7.57. The molecule has 1 aromatic heterocycles. The van der Waals surface area contributed by atoms with Gasteiger partial charge in [-0.3, -0.25) is 9.78 Å². The first kappa shape index (κ1) is 15.6. The van der Waals surface area contributed by atoms with Crippen LogP contribution in [0.1, 0.15) is 18.4 Å². The molecule has 1 amide bonds. The maximum Gasteiger partial charge on any atom is 0.222 e. The van der Waals surface area contributed by atoms with Gasteiger partial charge in [-0.25, -0.2) is 0 Å². The van der Waals surface area contributed by atoms with Crippen molar-refractivity contribution in [2.75, 3.05) is 31.6 Å². The van der Waals surface area contributed by atoms with Gasteiger partial charge >= 0.3 is 0 Å². The molecule has 5 nitrogen and oxygen atoms in total. The lowest BCUT2D eigenvalue weighted by Gasteiger charge is -2.25. The Kier molecular flexibility index (Phi) is 4.35. The molecule has 0 atom stereocenters. The van der Waals surface area contributed by atoms with E-state index >= 15 is 0 Å². The fourth-order valence-corrected chi connectivity index (χ4v) is 3.14. The van der Waals surface area contributed by atoms with E-state index in [4.69, 9.17) is 11.6 Å². The van der Waals surface area contributed by atoms with Crippen LogP contribution >= 0.6 is 11.6 Å². The van der Waals surface area contributed by atoms with Gasteiger partial charge in [0.25, 0.3) is 0 Å². The molecule has 6 heteroatoms. The molecule has 1 aromatic carbocycles. The Hall–Kier alpha value is -2.32. The summed E-state index contributed by atoms with van der Waals surface area (Å²) in [5.41, 5.74) is 2.12. The van der Waals surface area contributed by atoms with Crippen LogP contribution in [0.3, 0.4) is 0 Å². The van der Waals surface area contributed by atoms with Crippen LogP contribution in [0, 0.1) is 11.3 Å². The van der Waals surface area contributed by atoms with Crippen LogP contribution in [0.5, 0.6) is 0 Å². The van der Waals surface area contributed by atoms with Gasteiger partial charge in [0.15, 0.2) is 0 Å². The molecule has 0 spiro atoms. The molecule has 2 aromatic rings. The minimum atomic E-state index is 0.210. The van der Waals surface area contributed by atoms with Crippen molar-refractivity contribution in [1.29, 1.82) is 5.26 Å². The zero-order valence-corrected chi connectivity index (χ0v) is 13.7. The molecular weight excluding hydrogens is 312 g/mol. The highest BCUT2D eigenvalue weighted by Crippen LogP contribution is 2.30. The van der Waals surface area contributed by atoms with E-state index in [0.717, 1.165) is 29.6 Å². The van der Waals surface area contributed by atoms with Gasteiger partial charge < -0.3 is 9.80 Å². The van der Waals surface area contributed by atoms with Gasteiger partial charge in [-0.05, 0) is 24.6 Å². The van der Waals surface area contributed by atoms with Gasteiger partial charge in [0.05, 0.1) is 16.8 Å². The van der Waals surface area contributed by atoms with E-state index < -0.39 is 0 Å². The number of aromatic nitrogens is 1. The minimum Gasteiger partial charge on any atom is -0.371 e. The number of carbonyl (C=O) groups is 1. The van der Waals surface area contributed by atoms with Crippen molar-refractivity contribution in [3.05, 3.63) is 35.0 Å². The summed E-state index contributed by atoms with van der Waals surface area (Å²) in [7, 11) is 1.93. The average molecular weight is 329 g/mol. The number of rotatable bonds is 4. The van der Waals surface area contributed by atoms with Crippen LogP contribution in [0.15, 0.2) is 24.4 Å². The monoisotopic (exact) mass is 328 g/mol. The summed E-state index contributed by atoms with van der Waals surface area (Å²) in [4.78, 5) is 19.9. The molecule has 2 heterocycles. The Labute approximate surface area is 140 Å². The molecule has 0 unspecified atom stereocenters. The number of hydrogen-bond acceptors (Lipinski definition) is 4. The van der Waals surface area contributed by atoms with E-state index in [-0.39, 0.29) is 5.91 Å². The van der Waals surface area contributed by atoms with Gasteiger partial charge in [-0.2, -0.15) is 5.26 Å². The molecule has 1 fully saturated rings. The number of hydrogen-bond donors (Lipinski definition) is 0. The van der Waals surface area contributed by atoms with Crippen LogP contribution in [-0.4, -0.2) is 42.5 Å². The van der Waals surface area contributed by atoms with Gasteiger partial charge in [0, 0.05) is 49.7 Å². The maximum absolute atomic E-state index is 11.7. The SMILES string of the molecule is CN(CCN1CCCC1=O)c1c(C#N)cnc2ccc(Cl)cc12. The molecule has 23 heavy (non-hydrogen) atoms. The largest absolute Gasteiger partial charge is 0.371 e. The topological polar surface area (TPSA) is 60.2 Å². The number of fused-ring (bicyclic) bond motifs is 1. The summed E-state index contributed by atoms with van der Waals surface area (Å²) in [5, 5.41) is 10.9. The number of anilines is 1. The molecule has 0 N–H and O–H groups in total. The number of likely N-dealkylation sites (N-methyl/N-ethyl adjacent to an activating group) is 1. The first-order valence-corrected chi connectivity index (χ1v) is 7.95. The lowest BCUT2D eigenvalue weighted by molar-refractivity contribution is -0.127. The van der Waals surface area contributed by atoms with Crippen LogP contribution in [0.2, 0.25) is 5.02 Å². The lowest BCUT2D eigenvalue weighted by Crippen LogP contribution is -2.34. The molecule has 0 aliphatic carbocycles. The Morgan fingerprint density at radius 1 is 1.48 bits per heavy atom. The fraction of sp³-hybridized carbons (Fsp3) is 0.353. The third kappa shape index (κ3) is 3.08. The van der Waals surface area contributed by atoms with Crippen molar-refractivity contribution in [1.82, 2.24) is 9.88 Å². The number of nitrogens with zero attached hydrogens (tertiary/aromatic N) is 4. The maximum atomic E-state index is 11.7. The Morgan fingerprint density at radius 2 is 2.30 bits per heavy atom. The van der Waals surface area contributed by atoms with E-state index in [1.165, 1.54) is 0 Å². The van der Waals surface area contributed by atoms with Crippen molar-refractivity contribution in [2.24, 2.45) is 0 Å². The highest BCUT2D eigenvalue weighted by molar-refractivity contribution is 6.31. The number of pyridine rings is 1. The van der Waals surface area contributed by atoms with Crippen molar-refractivity contribution >= 4 is 34.1 Å². The van der Waals surface area contributed by atoms with Crippen molar-refractivity contribution in [3.8, 4) is 6.07 Å². The fourth-order valence-electron chi connectivity index (χ4n) is 2.97. The smallest absolute Gasteiger partial charge is 0.222 e. The summed E-state index contributed by atoms with van der Waals surface area (Å²) in [6.45, 7) is 2.14. The van der Waals surface area contributed by atoms with E-state index in [2.05, 4.69) is 11.1 Å². The summed E-state index contributed by atoms with van der Waals surface area (Å²) in [6.07, 6.45) is 3.16. The third-order valence-corrected chi connectivity index (χ3v) is 4.42. The molecule has 3 rings (SSSR count). The van der Waals surface area contributed by atoms with Gasteiger partial charge in [0.1, 0.15) is 6.07 Å². The predicted molar refractivity (Wildman–Crippen MR) is 90.6 cm³/mol. The van der Waals surface area contributed by atoms with Crippen LogP contribution in [-0.2, 0) is 4.79 Å². The molecule has 1 aliphatic heterocycles. The second-order valence-electron chi connectivity index (χ2n) is 5.70. The van der Waals surface area contributed by atoms with Gasteiger partial charge in [0.2, 0.25) is 5.91 Å². The molecule has 0 radical (unpaired) electrons. The quantitative estimate of drug-likeness (QED) is 0.866. The number of halogens is 1. The number of benzene rings is 1. The molecule has 0 saturated carbocycles. The van der Waals surface area contributed by atoms with E-state index in [1.807, 2.05) is 29.0 Å². The first-order chi connectivity index (χ1) is 11.1. The highest BCUT2D eigenvalue weighted by Gasteiger charge is 2.21.